The summed E-state index contributed by atoms with van der Waals surface area (Å²) in [5.41, 5.74) is -2.10. The zero-order chi connectivity index (χ0) is 76.5. The lowest BCUT2D eigenvalue weighted by molar-refractivity contribution is -0.182. The second-order valence-electron chi connectivity index (χ2n) is 32.8. The Morgan fingerprint density at radius 1 is 0.660 bits per heavy atom. The molecule has 7 rings (SSSR count). The van der Waals surface area contributed by atoms with Crippen LogP contribution in [0.25, 0.3) is 0 Å². The number of nitrogens with one attached hydrogen (secondary N) is 3. The van der Waals surface area contributed by atoms with Crippen LogP contribution in [0.2, 0.25) is 0 Å². The summed E-state index contributed by atoms with van der Waals surface area (Å²) in [5.74, 6) is -10.4. The van der Waals surface area contributed by atoms with Gasteiger partial charge in [0.15, 0.2) is 0 Å². The first-order chi connectivity index (χ1) is 48.3. The van der Waals surface area contributed by atoms with E-state index in [-0.39, 0.29) is 101 Å². The van der Waals surface area contributed by atoms with Gasteiger partial charge in [0.1, 0.15) is 53.9 Å². The fourth-order valence-corrected chi connectivity index (χ4v) is 18.0. The van der Waals surface area contributed by atoms with E-state index in [4.69, 9.17) is 11.6 Å². The van der Waals surface area contributed by atoms with Crippen molar-refractivity contribution in [3.63, 3.8) is 0 Å². The van der Waals surface area contributed by atoms with Gasteiger partial charge in [-0.25, -0.2) is 0 Å². The Kier molecular flexibility index (Phi) is 29.0. The number of carbonyl (C=O) groups excluding carboxylic acids is 12. The van der Waals surface area contributed by atoms with Crippen LogP contribution in [0.1, 0.15) is 196 Å². The van der Waals surface area contributed by atoms with Crippen LogP contribution in [0.5, 0.6) is 0 Å². The van der Waals surface area contributed by atoms with Crippen molar-refractivity contribution in [1.29, 1.82) is 0 Å². The summed E-state index contributed by atoms with van der Waals surface area (Å²) in [7, 11) is 11.6. The van der Waals surface area contributed by atoms with Crippen molar-refractivity contribution in [3.8, 4) is 0 Å². The van der Waals surface area contributed by atoms with Gasteiger partial charge >= 0.3 is 6.18 Å². The van der Waals surface area contributed by atoms with Crippen LogP contribution >= 0.6 is 11.6 Å². The number of hydrogen-bond acceptors (Lipinski definition) is 12. The zero-order valence-corrected chi connectivity index (χ0v) is 64.7. The van der Waals surface area contributed by atoms with Crippen LogP contribution in [-0.2, 0) is 57.5 Å². The van der Waals surface area contributed by atoms with E-state index in [0.717, 1.165) is 38.5 Å². The third kappa shape index (κ3) is 20.3. The van der Waals surface area contributed by atoms with Crippen LogP contribution in [0.4, 0.5) is 13.2 Å². The molecule has 7 aliphatic rings. The summed E-state index contributed by atoms with van der Waals surface area (Å²) in [6.45, 7) is 12.3. The molecule has 580 valence electrons. The Morgan fingerprint density at radius 3 is 1.88 bits per heavy atom. The summed E-state index contributed by atoms with van der Waals surface area (Å²) < 4.78 is 42.3. The standard InChI is InChI=1S/C75H120ClF3N12O12/c1-16-23-54-64(95)81-62(47(5)17-2)70(101)85(11)42-61(94)87(13)55-26-19-18-22-35-90(69(55)100)58(38-49-29-27-45(3)28-30-49)68(99)84(10)41-59(92)80-53(34-32-48-31-33-51(52(76)37-48)75(77,78)79)66(97)91-40-46(4)36-56(91)65(96)82-74(43-73(6,7)44-74)72(103)89(15)63(50-24-20-21-25-50)71(102)88(14)57(67(98)83(8)9)39-60(93)86(54)12/h18-19,45-58,62-63H,16-17,20-44H2,1-15H3,(H,80,92)(H,81,95)(H,82,96)/b19-18-/t45?,46-,47+,48?,49?,51?,52?,53+,54+,55+,56+,57+,58+,62+,63+/m1/s1. The highest BCUT2D eigenvalue weighted by Gasteiger charge is 2.59. The lowest BCUT2D eigenvalue weighted by Crippen LogP contribution is -2.71. The molecule has 0 aromatic carbocycles. The molecule has 28 heteroatoms. The summed E-state index contributed by atoms with van der Waals surface area (Å²) in [6.07, 6.45) is 6.46. The van der Waals surface area contributed by atoms with E-state index in [0.29, 0.717) is 38.0 Å². The Hall–Kier alpha value is -6.54. The number of likely N-dealkylation sites (N-methyl/N-ethyl adjacent to an activating group) is 7. The van der Waals surface area contributed by atoms with E-state index in [1.54, 1.807) is 13.0 Å². The third-order valence-corrected chi connectivity index (χ3v) is 24.3. The summed E-state index contributed by atoms with van der Waals surface area (Å²) >= 11 is 6.45. The van der Waals surface area contributed by atoms with Gasteiger partial charge in [-0.2, -0.15) is 13.2 Å². The smallest absolute Gasteiger partial charge is 0.347 e. The molecular weight excluding hydrogens is 1350 g/mol. The molecule has 24 nitrogen and oxygen atoms in total. The minimum absolute atomic E-state index is 0.00574. The van der Waals surface area contributed by atoms with E-state index >= 15 is 28.8 Å². The number of carbonyl (C=O) groups is 12. The quantitative estimate of drug-likeness (QED) is 0.143. The second-order valence-corrected chi connectivity index (χ2v) is 33.3. The van der Waals surface area contributed by atoms with Crippen LogP contribution < -0.4 is 16.0 Å². The Bertz CT molecular complexity index is 3100. The molecule has 4 aliphatic carbocycles. The molecule has 13 atom stereocenters. The molecule has 3 heterocycles. The number of amides is 12. The first-order valence-electron chi connectivity index (χ1n) is 37.9. The largest absolute Gasteiger partial charge is 0.393 e. The van der Waals surface area contributed by atoms with Gasteiger partial charge in [0.2, 0.25) is 70.9 Å². The number of hydrogen-bond donors (Lipinski definition) is 3. The Labute approximate surface area is 613 Å². The monoisotopic (exact) mass is 1470 g/mol. The molecule has 12 amide bonds. The number of fused-ring (bicyclic) bond motifs is 3. The molecule has 6 fully saturated rings. The summed E-state index contributed by atoms with van der Waals surface area (Å²) in [4.78, 5) is 193. The van der Waals surface area contributed by atoms with Gasteiger partial charge in [-0.1, -0.05) is 112 Å². The molecule has 2 bridgehead atoms. The predicted octanol–water partition coefficient (Wildman–Crippen LogP) is 6.75. The zero-order valence-electron chi connectivity index (χ0n) is 63.9. The molecule has 3 unspecified atom stereocenters. The van der Waals surface area contributed by atoms with Gasteiger partial charge in [-0.05, 0) is 131 Å². The number of rotatable bonds is 11. The van der Waals surface area contributed by atoms with E-state index in [1.807, 2.05) is 40.7 Å². The first-order valence-corrected chi connectivity index (χ1v) is 38.3. The van der Waals surface area contributed by atoms with Crippen molar-refractivity contribution in [1.82, 2.24) is 60.0 Å². The number of alkyl halides is 4. The highest BCUT2D eigenvalue weighted by Crippen LogP contribution is 2.50. The predicted molar refractivity (Wildman–Crippen MR) is 384 cm³/mol. The van der Waals surface area contributed by atoms with Crippen molar-refractivity contribution in [2.24, 2.45) is 46.8 Å². The van der Waals surface area contributed by atoms with Gasteiger partial charge in [0, 0.05) is 74.8 Å². The maximum Gasteiger partial charge on any atom is 0.393 e. The lowest BCUT2D eigenvalue weighted by Gasteiger charge is -2.54. The summed E-state index contributed by atoms with van der Waals surface area (Å²) in [6, 6.07) is -9.84. The van der Waals surface area contributed by atoms with Crippen molar-refractivity contribution in [2.45, 2.75) is 262 Å². The molecule has 0 aromatic rings. The fourth-order valence-electron chi connectivity index (χ4n) is 17.5. The second kappa shape index (κ2) is 35.7. The SMILES string of the molecule is CCC[C@H]1C(=O)N[C@@H]([C@@H](C)CC)C(=O)N(C)CC(=O)N(C)[C@H]2C/C=C\CCN(C2=O)[C@@H](CC2CCC(C)CC2)C(=O)N(C)CC(=O)N[C@@H](CCC2CCC(C(F)(F)F)C(Cl)C2)C(=O)N2C[C@H](C)C[C@H]2C(=O)NC2(CC(C)(C)C2)C(=O)N(C)[C@@H](C2CCCC2)C(=O)N(C)[C@H](C(=O)N(C)C)CC(=O)N1C. The molecule has 3 N–H and O–H groups in total. The Morgan fingerprint density at radius 2 is 1.29 bits per heavy atom. The molecule has 2 saturated heterocycles. The molecule has 3 aliphatic heterocycles. The van der Waals surface area contributed by atoms with Gasteiger partial charge in [-0.15, -0.1) is 11.6 Å². The first kappa shape index (κ1) is 83.7. The number of halogens is 4. The molecule has 103 heavy (non-hydrogen) atoms. The highest BCUT2D eigenvalue weighted by atomic mass is 35.5. The van der Waals surface area contributed by atoms with Crippen LogP contribution in [0.3, 0.4) is 0 Å². The fraction of sp³-hybridized carbons (Fsp3) is 0.813. The maximum absolute atomic E-state index is 15.7. The lowest BCUT2D eigenvalue weighted by atomic mass is 9.58. The van der Waals surface area contributed by atoms with E-state index in [9.17, 15) is 41.9 Å². The average Bonchev–Trinajstić information content (AvgIpc) is 1.57. The van der Waals surface area contributed by atoms with Crippen LogP contribution in [-0.4, -0.2) is 263 Å². The topological polar surface area (TPSA) is 270 Å². The van der Waals surface area contributed by atoms with Gasteiger partial charge in [0.25, 0.3) is 0 Å². The van der Waals surface area contributed by atoms with E-state index < -0.39 is 179 Å². The van der Waals surface area contributed by atoms with Crippen molar-refractivity contribution >= 4 is 82.5 Å². The van der Waals surface area contributed by atoms with Crippen molar-refractivity contribution < 1.29 is 70.7 Å². The summed E-state index contributed by atoms with van der Waals surface area (Å²) in [5, 5.41) is 7.65. The minimum atomic E-state index is -4.52. The minimum Gasteiger partial charge on any atom is -0.347 e. The van der Waals surface area contributed by atoms with Crippen molar-refractivity contribution in [3.05, 3.63) is 12.2 Å². The maximum atomic E-state index is 15.7. The van der Waals surface area contributed by atoms with E-state index in [2.05, 4.69) is 22.9 Å². The molecular formula is C75H120ClF3N12O12. The van der Waals surface area contributed by atoms with Gasteiger partial charge < -0.3 is 60.0 Å². The van der Waals surface area contributed by atoms with Gasteiger partial charge in [-0.3, -0.25) is 57.5 Å². The molecule has 1 spiro atoms. The highest BCUT2D eigenvalue weighted by molar-refractivity contribution is 6.21. The average molecular weight is 1470 g/mol. The molecule has 0 aromatic heterocycles. The van der Waals surface area contributed by atoms with Crippen LogP contribution in [0, 0.1) is 46.8 Å². The normalized spacial score (nSPS) is 32.5. The van der Waals surface area contributed by atoms with Crippen LogP contribution in [0.15, 0.2) is 12.2 Å². The van der Waals surface area contributed by atoms with E-state index in [1.165, 1.54) is 100 Å². The third-order valence-electron chi connectivity index (χ3n) is 23.8. The molecule has 0 radical (unpaired) electrons. The van der Waals surface area contributed by atoms with Crippen molar-refractivity contribution in [2.75, 3.05) is 82.6 Å². The molecule has 4 saturated carbocycles. The Balaban J connectivity index is 1.31. The van der Waals surface area contributed by atoms with Gasteiger partial charge in [0.05, 0.1) is 25.4 Å². The number of nitrogens with zero attached hydrogens (tertiary/aromatic N) is 9.